The Kier molecular flexibility index (Phi) is 2.60. The topological polar surface area (TPSA) is 34.1 Å². The Morgan fingerprint density at radius 2 is 1.50 bits per heavy atom. The fourth-order valence-corrected chi connectivity index (χ4v) is 6.43. The maximum absolute atomic E-state index is 11.0. The fourth-order valence-electron chi connectivity index (χ4n) is 3.05. The number of thioether (sulfide) groups is 1. The van der Waals surface area contributed by atoms with E-state index in [-0.39, 0.29) is 4.75 Å². The maximum Gasteiger partial charge on any atom is 0.156 e. The van der Waals surface area contributed by atoms with Crippen LogP contribution in [-0.4, -0.2) is 29.4 Å². The molecule has 0 aromatic heterocycles. The van der Waals surface area contributed by atoms with E-state index in [0.717, 1.165) is 30.4 Å². The van der Waals surface area contributed by atoms with Gasteiger partial charge in [-0.1, -0.05) is 12.8 Å². The van der Waals surface area contributed by atoms with Gasteiger partial charge in [0.1, 0.15) is 0 Å². The van der Waals surface area contributed by atoms with Gasteiger partial charge in [-0.3, -0.25) is 0 Å². The van der Waals surface area contributed by atoms with Gasteiger partial charge in [-0.15, -0.1) is 0 Å². The Morgan fingerprint density at radius 1 is 0.875 bits per heavy atom. The van der Waals surface area contributed by atoms with Crippen molar-refractivity contribution in [2.24, 2.45) is 0 Å². The molecule has 2 saturated heterocycles. The van der Waals surface area contributed by atoms with Crippen molar-refractivity contribution >= 4 is 21.6 Å². The average Bonchev–Trinajstić information content (AvgIpc) is 1.94. The van der Waals surface area contributed by atoms with Gasteiger partial charge >= 0.3 is 0 Å². The van der Waals surface area contributed by atoms with Crippen LogP contribution in [0.1, 0.15) is 51.4 Å². The van der Waals surface area contributed by atoms with Crippen LogP contribution in [0.15, 0.2) is 0 Å². The smallest absolute Gasteiger partial charge is 0.156 e. The molecular weight excluding hydrogens is 240 g/mol. The number of hydrogen-bond donors (Lipinski definition) is 0. The second kappa shape index (κ2) is 3.64. The zero-order valence-corrected chi connectivity index (χ0v) is 11.3. The van der Waals surface area contributed by atoms with E-state index >= 15 is 0 Å². The Morgan fingerprint density at radius 3 is 1.50 bits per heavy atom. The summed E-state index contributed by atoms with van der Waals surface area (Å²) in [6, 6.07) is 0. The van der Waals surface area contributed by atoms with Crippen molar-refractivity contribution < 1.29 is 8.42 Å². The summed E-state index contributed by atoms with van der Waals surface area (Å²) >= 11 is 2.19. The van der Waals surface area contributed by atoms with Gasteiger partial charge in [-0.2, -0.15) is 11.8 Å². The molecule has 16 heavy (non-hydrogen) atoms. The first-order chi connectivity index (χ1) is 7.58. The predicted octanol–water partition coefficient (Wildman–Crippen LogP) is 2.77. The maximum atomic E-state index is 11.0. The van der Waals surface area contributed by atoms with E-state index in [2.05, 4.69) is 11.8 Å². The van der Waals surface area contributed by atoms with Crippen molar-refractivity contribution in [3.05, 3.63) is 0 Å². The van der Waals surface area contributed by atoms with E-state index in [1.165, 1.54) is 31.4 Å². The Bertz CT molecular complexity index is 353. The van der Waals surface area contributed by atoms with Crippen molar-refractivity contribution in [2.45, 2.75) is 60.9 Å². The molecule has 4 aliphatic rings. The van der Waals surface area contributed by atoms with Crippen LogP contribution in [0.5, 0.6) is 0 Å². The summed E-state index contributed by atoms with van der Waals surface area (Å²) in [5.74, 6) is 1.90. The van der Waals surface area contributed by atoms with Gasteiger partial charge in [0.15, 0.2) is 9.84 Å². The molecule has 0 atom stereocenters. The van der Waals surface area contributed by atoms with Gasteiger partial charge in [0.05, 0.1) is 10.5 Å². The van der Waals surface area contributed by atoms with Crippen molar-refractivity contribution in [1.82, 2.24) is 0 Å². The molecule has 0 aromatic rings. The van der Waals surface area contributed by atoms with E-state index in [1.807, 2.05) is 0 Å². The first kappa shape index (κ1) is 11.4. The lowest BCUT2D eigenvalue weighted by Gasteiger charge is -2.48. The van der Waals surface area contributed by atoms with Gasteiger partial charge in [0.25, 0.3) is 0 Å². The molecule has 2 heterocycles. The monoisotopic (exact) mass is 260 g/mol. The summed E-state index contributed by atoms with van der Waals surface area (Å²) in [6.45, 7) is 0. The third-order valence-corrected chi connectivity index (χ3v) is 9.29. The normalized spacial score (nSPS) is 34.8. The summed E-state index contributed by atoms with van der Waals surface area (Å²) in [5, 5.41) is 0. The average molecular weight is 260 g/mol. The highest BCUT2D eigenvalue weighted by Gasteiger charge is 2.55. The second-order valence-corrected chi connectivity index (χ2v) is 9.81. The van der Waals surface area contributed by atoms with E-state index in [9.17, 15) is 8.42 Å². The first-order valence-electron chi connectivity index (χ1n) is 6.44. The molecule has 2 aliphatic heterocycles. The number of rotatable bonds is 0. The molecule has 2 aliphatic carbocycles. The summed E-state index contributed by atoms with van der Waals surface area (Å²) in [4.78, 5) is 0. The van der Waals surface area contributed by atoms with Crippen LogP contribution in [-0.2, 0) is 9.84 Å². The molecule has 0 unspecified atom stereocenters. The summed E-state index contributed by atoms with van der Waals surface area (Å²) in [7, 11) is -2.59. The molecule has 4 fully saturated rings. The minimum absolute atomic E-state index is 0.187. The lowest BCUT2D eigenvalue weighted by Crippen LogP contribution is -2.55. The molecular formula is C12H20O2S2. The first-order valence-corrected chi connectivity index (χ1v) is 9.08. The lowest BCUT2D eigenvalue weighted by atomic mass is 9.81. The minimum atomic E-state index is -2.59. The quantitative estimate of drug-likeness (QED) is 0.671. The van der Waals surface area contributed by atoms with Gasteiger partial charge in [0, 0.05) is 4.75 Å². The molecule has 2 spiro atoms. The third kappa shape index (κ3) is 1.56. The summed E-state index contributed by atoms with van der Waals surface area (Å²) in [6.07, 6.45) is 10.0. The SMILES string of the molecule is C1CC2(C1)CCS2.O=S1(=O)CCC12CCC2. The van der Waals surface area contributed by atoms with Crippen molar-refractivity contribution in [3.8, 4) is 0 Å². The van der Waals surface area contributed by atoms with Crippen LogP contribution in [0.3, 0.4) is 0 Å². The van der Waals surface area contributed by atoms with Gasteiger partial charge in [-0.05, 0) is 44.3 Å². The summed E-state index contributed by atoms with van der Waals surface area (Å²) in [5.41, 5.74) is 0. The van der Waals surface area contributed by atoms with E-state index < -0.39 is 9.84 Å². The van der Waals surface area contributed by atoms with Gasteiger partial charge < -0.3 is 0 Å². The molecule has 0 amide bonds. The number of sulfone groups is 1. The zero-order chi connectivity index (χ0) is 11.3. The van der Waals surface area contributed by atoms with Crippen LogP contribution in [0.2, 0.25) is 0 Å². The largest absolute Gasteiger partial charge is 0.228 e. The predicted molar refractivity (Wildman–Crippen MR) is 68.6 cm³/mol. The molecule has 0 radical (unpaired) electrons. The highest BCUT2D eigenvalue weighted by Crippen LogP contribution is 2.54. The van der Waals surface area contributed by atoms with Crippen molar-refractivity contribution in [3.63, 3.8) is 0 Å². The fraction of sp³-hybridized carbons (Fsp3) is 1.00. The lowest BCUT2D eigenvalue weighted by molar-refractivity contribution is 0.299. The summed E-state index contributed by atoms with van der Waals surface area (Å²) < 4.78 is 22.7. The molecule has 0 aromatic carbocycles. The van der Waals surface area contributed by atoms with Gasteiger partial charge in [-0.25, -0.2) is 8.42 Å². The molecule has 0 N–H and O–H groups in total. The zero-order valence-electron chi connectivity index (χ0n) is 9.70. The van der Waals surface area contributed by atoms with Crippen molar-refractivity contribution in [2.75, 3.05) is 11.5 Å². The molecule has 92 valence electrons. The molecule has 2 saturated carbocycles. The Labute approximate surface area is 102 Å². The number of hydrogen-bond acceptors (Lipinski definition) is 3. The minimum Gasteiger partial charge on any atom is -0.228 e. The van der Waals surface area contributed by atoms with Crippen LogP contribution >= 0.6 is 11.8 Å². The van der Waals surface area contributed by atoms with Crippen LogP contribution < -0.4 is 0 Å². The molecule has 2 nitrogen and oxygen atoms in total. The van der Waals surface area contributed by atoms with E-state index in [4.69, 9.17) is 0 Å². The van der Waals surface area contributed by atoms with Crippen LogP contribution in [0.25, 0.3) is 0 Å². The Hall–Kier alpha value is 0.300. The third-order valence-electron chi connectivity index (χ3n) is 4.98. The van der Waals surface area contributed by atoms with E-state index in [0.29, 0.717) is 5.75 Å². The van der Waals surface area contributed by atoms with E-state index in [1.54, 1.807) is 0 Å². The molecule has 4 rings (SSSR count). The van der Waals surface area contributed by atoms with Crippen LogP contribution in [0.4, 0.5) is 0 Å². The highest BCUT2D eigenvalue weighted by atomic mass is 32.2. The highest BCUT2D eigenvalue weighted by molar-refractivity contribution is 8.02. The van der Waals surface area contributed by atoms with Crippen molar-refractivity contribution in [1.29, 1.82) is 0 Å². The molecule has 0 bridgehead atoms. The Balaban J connectivity index is 0.000000104. The second-order valence-electron chi connectivity index (χ2n) is 5.74. The van der Waals surface area contributed by atoms with Gasteiger partial charge in [0.2, 0.25) is 0 Å². The standard InChI is InChI=1S/C6H10O2S.C6H10S/c7-9(8)5-4-6(9)2-1-3-6;1-2-6(3-1)4-5-7-6/h1-5H2;1-5H2. The molecule has 4 heteroatoms. The van der Waals surface area contributed by atoms with Crippen LogP contribution in [0, 0.1) is 0 Å².